The van der Waals surface area contributed by atoms with Crippen LogP contribution >= 0.6 is 0 Å². The highest BCUT2D eigenvalue weighted by atomic mass is 16.2. The highest BCUT2D eigenvalue weighted by Crippen LogP contribution is 2.28. The number of rotatable bonds is 5. The Kier molecular flexibility index (Phi) is 3.64. The number of benzene rings is 1. The summed E-state index contributed by atoms with van der Waals surface area (Å²) in [6.07, 6.45) is 2.07. The summed E-state index contributed by atoms with van der Waals surface area (Å²) >= 11 is 0. The molecule has 5 heteroatoms. The van der Waals surface area contributed by atoms with Crippen LogP contribution in [0.15, 0.2) is 24.3 Å². The summed E-state index contributed by atoms with van der Waals surface area (Å²) in [5.74, 6) is 0.436. The molecule has 1 aliphatic rings. The number of fused-ring (bicyclic) bond motifs is 1. The molecule has 1 aromatic heterocycles. The second-order valence-corrected chi connectivity index (χ2v) is 5.58. The molecule has 2 aromatic rings. The van der Waals surface area contributed by atoms with Gasteiger partial charge in [0.05, 0.1) is 5.52 Å². The van der Waals surface area contributed by atoms with Crippen molar-refractivity contribution in [1.82, 2.24) is 10.3 Å². The van der Waals surface area contributed by atoms with Gasteiger partial charge in [0.25, 0.3) is 0 Å². The number of nitrogens with two attached hydrogens (primary N) is 1. The number of hydrogen-bond donors (Lipinski definition) is 3. The lowest BCUT2D eigenvalue weighted by atomic mass is 10.1. The number of nitrogens with zero attached hydrogens (tertiary/aromatic N) is 1. The topological polar surface area (TPSA) is 80.0 Å². The number of carbonyl (C=O) groups is 1. The van der Waals surface area contributed by atoms with Crippen molar-refractivity contribution in [3.05, 3.63) is 30.0 Å². The first-order valence-corrected chi connectivity index (χ1v) is 7.32. The van der Waals surface area contributed by atoms with E-state index in [0.717, 1.165) is 40.8 Å². The summed E-state index contributed by atoms with van der Waals surface area (Å²) in [6, 6.07) is 7.71. The third-order valence-corrected chi connectivity index (χ3v) is 3.65. The predicted octanol–water partition coefficient (Wildman–Crippen LogP) is 2.06. The van der Waals surface area contributed by atoms with Crippen LogP contribution in [0.1, 0.15) is 18.5 Å². The van der Waals surface area contributed by atoms with Crippen LogP contribution in [0.3, 0.4) is 0 Å². The molecule has 1 aromatic carbocycles. The second kappa shape index (κ2) is 5.60. The number of aryl methyl sites for hydroxylation is 1. The van der Waals surface area contributed by atoms with Crippen molar-refractivity contribution >= 4 is 28.2 Å². The zero-order chi connectivity index (χ0) is 14.8. The van der Waals surface area contributed by atoms with Crippen LogP contribution in [0.5, 0.6) is 0 Å². The first-order chi connectivity index (χ1) is 10.1. The summed E-state index contributed by atoms with van der Waals surface area (Å²) in [7, 11) is 0. The maximum atomic E-state index is 11.6. The van der Waals surface area contributed by atoms with Crippen molar-refractivity contribution in [2.24, 2.45) is 5.92 Å². The number of carbonyl (C=O) groups excluding carboxylic acids is 1. The minimum atomic E-state index is 0.178. The van der Waals surface area contributed by atoms with E-state index in [-0.39, 0.29) is 11.8 Å². The molecule has 3 rings (SSSR count). The summed E-state index contributed by atoms with van der Waals surface area (Å²) < 4.78 is 0. The lowest BCUT2D eigenvalue weighted by Gasteiger charge is -2.12. The van der Waals surface area contributed by atoms with Gasteiger partial charge in [-0.1, -0.05) is 0 Å². The molecule has 21 heavy (non-hydrogen) atoms. The van der Waals surface area contributed by atoms with E-state index in [1.54, 1.807) is 0 Å². The molecule has 0 spiro atoms. The van der Waals surface area contributed by atoms with Crippen LogP contribution < -0.4 is 16.4 Å². The normalized spacial score (nSPS) is 14.1. The van der Waals surface area contributed by atoms with E-state index < -0.39 is 0 Å². The number of nitrogen functional groups attached to an aromatic ring is 1. The number of aromatic nitrogens is 1. The average Bonchev–Trinajstić information content (AvgIpc) is 3.28. The predicted molar refractivity (Wildman–Crippen MR) is 85.1 cm³/mol. The maximum absolute atomic E-state index is 11.6. The first kappa shape index (κ1) is 13.7. The monoisotopic (exact) mass is 284 g/mol. The minimum absolute atomic E-state index is 0.178. The zero-order valence-electron chi connectivity index (χ0n) is 12.1. The van der Waals surface area contributed by atoms with E-state index in [4.69, 9.17) is 5.73 Å². The average molecular weight is 284 g/mol. The van der Waals surface area contributed by atoms with Crippen LogP contribution in [0, 0.1) is 12.8 Å². The molecule has 0 aliphatic heterocycles. The quantitative estimate of drug-likeness (QED) is 0.580. The van der Waals surface area contributed by atoms with E-state index >= 15 is 0 Å². The van der Waals surface area contributed by atoms with E-state index in [2.05, 4.69) is 15.6 Å². The Morgan fingerprint density at radius 1 is 1.33 bits per heavy atom. The molecule has 1 fully saturated rings. The van der Waals surface area contributed by atoms with Crippen molar-refractivity contribution in [3.8, 4) is 0 Å². The van der Waals surface area contributed by atoms with Crippen molar-refractivity contribution < 1.29 is 4.79 Å². The number of hydrogen-bond acceptors (Lipinski definition) is 4. The molecular formula is C16H20N4O. The highest BCUT2D eigenvalue weighted by molar-refractivity contribution is 5.93. The van der Waals surface area contributed by atoms with E-state index in [9.17, 15) is 4.79 Å². The Labute approximate surface area is 123 Å². The molecule has 1 heterocycles. The van der Waals surface area contributed by atoms with Gasteiger partial charge in [0.1, 0.15) is 0 Å². The van der Waals surface area contributed by atoms with Gasteiger partial charge < -0.3 is 16.4 Å². The SMILES string of the molecule is Cc1cc(NCCNC(=O)C2CC2)c2cc(N)ccc2n1. The lowest BCUT2D eigenvalue weighted by Crippen LogP contribution is -2.29. The van der Waals surface area contributed by atoms with Gasteiger partial charge in [0, 0.05) is 41.5 Å². The molecule has 1 aliphatic carbocycles. The summed E-state index contributed by atoms with van der Waals surface area (Å²) in [4.78, 5) is 16.1. The molecule has 1 saturated carbocycles. The van der Waals surface area contributed by atoms with Crippen LogP contribution in [0.4, 0.5) is 11.4 Å². The molecule has 0 unspecified atom stereocenters. The smallest absolute Gasteiger partial charge is 0.223 e. The fourth-order valence-electron chi connectivity index (χ4n) is 2.39. The molecular weight excluding hydrogens is 264 g/mol. The van der Waals surface area contributed by atoms with E-state index in [1.165, 1.54) is 0 Å². The molecule has 0 radical (unpaired) electrons. The molecule has 0 atom stereocenters. The fourth-order valence-corrected chi connectivity index (χ4v) is 2.39. The highest BCUT2D eigenvalue weighted by Gasteiger charge is 2.28. The third-order valence-electron chi connectivity index (χ3n) is 3.65. The third kappa shape index (κ3) is 3.24. The van der Waals surface area contributed by atoms with Crippen molar-refractivity contribution in [2.45, 2.75) is 19.8 Å². The van der Waals surface area contributed by atoms with Crippen molar-refractivity contribution in [2.75, 3.05) is 24.1 Å². The summed E-state index contributed by atoms with van der Waals surface area (Å²) in [5.41, 5.74) is 9.46. The Morgan fingerprint density at radius 3 is 2.90 bits per heavy atom. The molecule has 0 saturated heterocycles. The van der Waals surface area contributed by atoms with Gasteiger partial charge >= 0.3 is 0 Å². The van der Waals surface area contributed by atoms with Crippen molar-refractivity contribution in [3.63, 3.8) is 0 Å². The van der Waals surface area contributed by atoms with Crippen LogP contribution in [-0.2, 0) is 4.79 Å². The van der Waals surface area contributed by atoms with E-state index in [0.29, 0.717) is 13.1 Å². The van der Waals surface area contributed by atoms with Gasteiger partial charge in [0.15, 0.2) is 0 Å². The standard InChI is InChI=1S/C16H20N4O/c1-10-8-15(13-9-12(17)4-5-14(13)20-10)18-6-7-19-16(21)11-2-3-11/h4-5,8-9,11H,2-3,6-7,17H2,1H3,(H,18,20)(H,19,21). The molecule has 4 N–H and O–H groups in total. The van der Waals surface area contributed by atoms with Gasteiger partial charge in [-0.15, -0.1) is 0 Å². The minimum Gasteiger partial charge on any atom is -0.399 e. The summed E-state index contributed by atoms with van der Waals surface area (Å²) in [5, 5.41) is 7.32. The Hall–Kier alpha value is -2.30. The molecule has 0 bridgehead atoms. The maximum Gasteiger partial charge on any atom is 0.223 e. The molecule has 110 valence electrons. The molecule has 1 amide bonds. The van der Waals surface area contributed by atoms with Crippen LogP contribution in [0.2, 0.25) is 0 Å². The number of amides is 1. The first-order valence-electron chi connectivity index (χ1n) is 7.32. The Balaban J connectivity index is 1.67. The Bertz CT molecular complexity index is 679. The zero-order valence-corrected chi connectivity index (χ0v) is 12.1. The number of nitrogens with one attached hydrogen (secondary N) is 2. The van der Waals surface area contributed by atoms with Gasteiger partial charge in [-0.3, -0.25) is 9.78 Å². The van der Waals surface area contributed by atoms with Crippen LogP contribution in [0.25, 0.3) is 10.9 Å². The van der Waals surface area contributed by atoms with E-state index in [1.807, 2.05) is 31.2 Å². The van der Waals surface area contributed by atoms with Gasteiger partial charge in [0.2, 0.25) is 5.91 Å². The second-order valence-electron chi connectivity index (χ2n) is 5.58. The van der Waals surface area contributed by atoms with Crippen LogP contribution in [-0.4, -0.2) is 24.0 Å². The molecule has 5 nitrogen and oxygen atoms in total. The lowest BCUT2D eigenvalue weighted by molar-refractivity contribution is -0.122. The Morgan fingerprint density at radius 2 is 2.14 bits per heavy atom. The van der Waals surface area contributed by atoms with Gasteiger partial charge in [-0.25, -0.2) is 0 Å². The number of pyridine rings is 1. The van der Waals surface area contributed by atoms with Gasteiger partial charge in [-0.2, -0.15) is 0 Å². The largest absolute Gasteiger partial charge is 0.399 e. The van der Waals surface area contributed by atoms with Gasteiger partial charge in [-0.05, 0) is 44.0 Å². The summed E-state index contributed by atoms with van der Waals surface area (Å²) in [6.45, 7) is 3.28. The number of anilines is 2. The van der Waals surface area contributed by atoms with Crippen molar-refractivity contribution in [1.29, 1.82) is 0 Å². The fraction of sp³-hybridized carbons (Fsp3) is 0.375.